The first-order valence-electron chi connectivity index (χ1n) is 5.67. The third-order valence-corrected chi connectivity index (χ3v) is 3.22. The number of pyridine rings is 1. The maximum atomic E-state index is 9.95. The van der Waals surface area contributed by atoms with Gasteiger partial charge in [0.05, 0.1) is 17.5 Å². The molecule has 92 valence electrons. The molecular weight excluding hydrogens is 280 g/mol. The van der Waals surface area contributed by atoms with E-state index in [4.69, 9.17) is 0 Å². The molecule has 0 aromatic carbocycles. The zero-order valence-corrected chi connectivity index (χ0v) is 12.1. The average molecular weight is 297 g/mol. The summed E-state index contributed by atoms with van der Waals surface area (Å²) >= 11 is 3.44. The van der Waals surface area contributed by atoms with E-state index in [2.05, 4.69) is 41.7 Å². The smallest absolute Gasteiger partial charge is 0.138 e. The third-order valence-electron chi connectivity index (χ3n) is 2.73. The highest BCUT2D eigenvalue weighted by Gasteiger charge is 2.25. The molecule has 0 saturated carbocycles. The molecule has 0 aliphatic heterocycles. The van der Waals surface area contributed by atoms with Crippen molar-refractivity contribution in [1.29, 1.82) is 0 Å². The Morgan fingerprint density at radius 1 is 1.41 bits per heavy atom. The monoisotopic (exact) mass is 296 g/mol. The van der Waals surface area contributed by atoms with Crippen molar-refractivity contribution in [2.45, 2.75) is 39.2 Å². The molecule has 1 N–H and O–H groups in total. The maximum Gasteiger partial charge on any atom is 0.138 e. The van der Waals surface area contributed by atoms with Gasteiger partial charge in [-0.05, 0) is 19.1 Å². The van der Waals surface area contributed by atoms with E-state index in [-0.39, 0.29) is 5.41 Å². The van der Waals surface area contributed by atoms with E-state index in [1.807, 2.05) is 22.7 Å². The number of aliphatic hydroxyl groups excluding tert-OH is 1. The lowest BCUT2D eigenvalue weighted by molar-refractivity contribution is 0.190. The lowest BCUT2D eigenvalue weighted by Crippen LogP contribution is -2.16. The molecule has 0 bridgehead atoms. The Bertz CT molecular complexity index is 552. The molecule has 2 heterocycles. The molecule has 1 unspecified atom stereocenters. The van der Waals surface area contributed by atoms with Crippen LogP contribution in [-0.4, -0.2) is 14.5 Å². The van der Waals surface area contributed by atoms with Gasteiger partial charge in [0.1, 0.15) is 5.65 Å². The molecule has 2 aromatic rings. The molecule has 0 aliphatic carbocycles. The second kappa shape index (κ2) is 4.10. The average Bonchev–Trinajstić information content (AvgIpc) is 2.55. The van der Waals surface area contributed by atoms with Crippen LogP contribution in [0.5, 0.6) is 0 Å². The minimum Gasteiger partial charge on any atom is -0.387 e. The number of hydrogen-bond acceptors (Lipinski definition) is 2. The third kappa shape index (κ3) is 2.24. The number of imidazole rings is 1. The van der Waals surface area contributed by atoms with Gasteiger partial charge in [0.2, 0.25) is 0 Å². The summed E-state index contributed by atoms with van der Waals surface area (Å²) in [6, 6.07) is 3.91. The fourth-order valence-electron chi connectivity index (χ4n) is 1.99. The number of aliphatic hydroxyl groups is 1. The normalized spacial score (nSPS) is 14.2. The van der Waals surface area contributed by atoms with Gasteiger partial charge in [0, 0.05) is 16.1 Å². The fraction of sp³-hybridized carbons (Fsp3) is 0.462. The first-order valence-corrected chi connectivity index (χ1v) is 6.46. The second-order valence-electron chi connectivity index (χ2n) is 5.34. The minimum absolute atomic E-state index is 0.0786. The van der Waals surface area contributed by atoms with Gasteiger partial charge in [0.15, 0.2) is 0 Å². The zero-order valence-electron chi connectivity index (χ0n) is 10.5. The van der Waals surface area contributed by atoms with E-state index in [1.165, 1.54) is 0 Å². The van der Waals surface area contributed by atoms with Crippen LogP contribution in [-0.2, 0) is 5.41 Å². The van der Waals surface area contributed by atoms with E-state index in [1.54, 1.807) is 6.92 Å². The highest BCUT2D eigenvalue weighted by atomic mass is 79.9. The van der Waals surface area contributed by atoms with E-state index in [0.717, 1.165) is 21.5 Å². The van der Waals surface area contributed by atoms with Crippen molar-refractivity contribution in [3.63, 3.8) is 0 Å². The van der Waals surface area contributed by atoms with Crippen molar-refractivity contribution in [2.75, 3.05) is 0 Å². The van der Waals surface area contributed by atoms with E-state index in [9.17, 15) is 5.11 Å². The number of aromatic nitrogens is 2. The van der Waals surface area contributed by atoms with Gasteiger partial charge < -0.3 is 9.51 Å². The van der Waals surface area contributed by atoms with E-state index in [0.29, 0.717) is 0 Å². The Labute approximate surface area is 110 Å². The summed E-state index contributed by atoms with van der Waals surface area (Å²) in [7, 11) is 0. The fourth-order valence-corrected chi connectivity index (χ4v) is 2.31. The van der Waals surface area contributed by atoms with Crippen molar-refractivity contribution in [3.8, 4) is 0 Å². The van der Waals surface area contributed by atoms with Gasteiger partial charge in [-0.2, -0.15) is 0 Å². The summed E-state index contributed by atoms with van der Waals surface area (Å²) in [5, 5.41) is 9.95. The van der Waals surface area contributed by atoms with Crippen LogP contribution >= 0.6 is 15.9 Å². The Morgan fingerprint density at radius 3 is 2.59 bits per heavy atom. The quantitative estimate of drug-likeness (QED) is 0.875. The molecule has 2 aromatic heterocycles. The number of nitrogens with zero attached hydrogens (tertiary/aromatic N) is 2. The molecule has 0 fully saturated rings. The van der Waals surface area contributed by atoms with Crippen molar-refractivity contribution in [1.82, 2.24) is 9.38 Å². The molecule has 0 spiro atoms. The van der Waals surface area contributed by atoms with Crippen LogP contribution in [0.25, 0.3) is 5.65 Å². The number of hydrogen-bond donors (Lipinski definition) is 1. The molecule has 3 nitrogen and oxygen atoms in total. The number of halogens is 1. The van der Waals surface area contributed by atoms with Crippen LogP contribution in [0.2, 0.25) is 0 Å². The summed E-state index contributed by atoms with van der Waals surface area (Å²) in [5.74, 6) is 0. The lowest BCUT2D eigenvalue weighted by atomic mass is 9.89. The first-order chi connectivity index (χ1) is 7.80. The molecule has 4 heteroatoms. The summed E-state index contributed by atoms with van der Waals surface area (Å²) in [6.45, 7) is 8.10. The van der Waals surface area contributed by atoms with E-state index >= 15 is 0 Å². The number of rotatable bonds is 1. The maximum absolute atomic E-state index is 9.95. The Hall–Kier alpha value is -0.870. The van der Waals surface area contributed by atoms with Crippen LogP contribution in [0.3, 0.4) is 0 Å². The summed E-state index contributed by atoms with van der Waals surface area (Å²) in [4.78, 5) is 4.64. The van der Waals surface area contributed by atoms with Gasteiger partial charge in [-0.3, -0.25) is 0 Å². The van der Waals surface area contributed by atoms with Crippen LogP contribution < -0.4 is 0 Å². The summed E-state index contributed by atoms with van der Waals surface area (Å²) in [5.41, 5.74) is 2.61. The van der Waals surface area contributed by atoms with Crippen LogP contribution in [0.4, 0.5) is 0 Å². The molecule has 0 radical (unpaired) electrons. The van der Waals surface area contributed by atoms with Crippen molar-refractivity contribution >= 4 is 21.6 Å². The number of fused-ring (bicyclic) bond motifs is 1. The predicted molar refractivity (Wildman–Crippen MR) is 72.2 cm³/mol. The second-order valence-corrected chi connectivity index (χ2v) is 6.26. The van der Waals surface area contributed by atoms with Gasteiger partial charge in [0.25, 0.3) is 0 Å². The summed E-state index contributed by atoms with van der Waals surface area (Å²) < 4.78 is 2.95. The molecule has 0 amide bonds. The Balaban J connectivity index is 2.80. The topological polar surface area (TPSA) is 37.5 Å². The van der Waals surface area contributed by atoms with Crippen molar-refractivity contribution < 1.29 is 5.11 Å². The standard InChI is InChI=1S/C13H17BrN2O/c1-8(17)11-12(13(2,3)4)15-10-7-9(14)5-6-16(10)11/h5-8,17H,1-4H3. The lowest BCUT2D eigenvalue weighted by Gasteiger charge is -2.19. The van der Waals surface area contributed by atoms with Crippen LogP contribution in [0, 0.1) is 0 Å². The highest BCUT2D eigenvalue weighted by Crippen LogP contribution is 2.30. The Kier molecular flexibility index (Phi) is 3.04. The highest BCUT2D eigenvalue weighted by molar-refractivity contribution is 9.10. The predicted octanol–water partition coefficient (Wildman–Crippen LogP) is 3.45. The molecule has 0 aliphatic rings. The molecule has 2 rings (SSSR count). The molecule has 0 saturated heterocycles. The molecule has 1 atom stereocenters. The largest absolute Gasteiger partial charge is 0.387 e. The van der Waals surface area contributed by atoms with Crippen molar-refractivity contribution in [2.24, 2.45) is 0 Å². The van der Waals surface area contributed by atoms with Gasteiger partial charge in [-0.25, -0.2) is 4.98 Å². The van der Waals surface area contributed by atoms with E-state index < -0.39 is 6.10 Å². The first kappa shape index (κ1) is 12.6. The molecular formula is C13H17BrN2O. The zero-order chi connectivity index (χ0) is 12.8. The van der Waals surface area contributed by atoms with Crippen LogP contribution in [0.15, 0.2) is 22.8 Å². The minimum atomic E-state index is -0.527. The SMILES string of the molecule is CC(O)c1c(C(C)(C)C)nc2cc(Br)ccn12. The van der Waals surface area contributed by atoms with Gasteiger partial charge >= 0.3 is 0 Å². The van der Waals surface area contributed by atoms with Gasteiger partial charge in [-0.15, -0.1) is 0 Å². The summed E-state index contributed by atoms with van der Waals surface area (Å²) in [6.07, 6.45) is 1.41. The van der Waals surface area contributed by atoms with Gasteiger partial charge in [-0.1, -0.05) is 36.7 Å². The van der Waals surface area contributed by atoms with Crippen molar-refractivity contribution in [3.05, 3.63) is 34.2 Å². The van der Waals surface area contributed by atoms with Crippen LogP contribution in [0.1, 0.15) is 45.2 Å². The Morgan fingerprint density at radius 2 is 2.06 bits per heavy atom. The molecule has 17 heavy (non-hydrogen) atoms.